The molecule has 0 saturated heterocycles. The lowest BCUT2D eigenvalue weighted by atomic mass is 10.1. The molecule has 0 aliphatic carbocycles. The summed E-state index contributed by atoms with van der Waals surface area (Å²) in [6.45, 7) is 5.59. The van der Waals surface area contributed by atoms with Gasteiger partial charge >= 0.3 is 0 Å². The molecule has 0 bridgehead atoms. The van der Waals surface area contributed by atoms with Crippen molar-refractivity contribution < 1.29 is 9.53 Å². The second-order valence-electron chi connectivity index (χ2n) is 9.15. The smallest absolute Gasteiger partial charge is 0.247 e. The van der Waals surface area contributed by atoms with Crippen LogP contribution < -0.4 is 20.3 Å². The molecule has 9 heteroatoms. The predicted molar refractivity (Wildman–Crippen MR) is 156 cm³/mol. The van der Waals surface area contributed by atoms with Crippen molar-refractivity contribution in [1.82, 2.24) is 19.9 Å². The zero-order valence-corrected chi connectivity index (χ0v) is 22.5. The average Bonchev–Trinajstić information content (AvgIpc) is 2.95. The molecule has 0 aliphatic rings. The summed E-state index contributed by atoms with van der Waals surface area (Å²) in [5, 5.41) is 6.17. The van der Waals surface area contributed by atoms with E-state index in [1.54, 1.807) is 12.4 Å². The highest BCUT2D eigenvalue weighted by Gasteiger charge is 2.13. The fraction of sp³-hybridized carbons (Fsp3) is 0.200. The number of rotatable bonds is 12. The topological polar surface area (TPSA) is 95.5 Å². The van der Waals surface area contributed by atoms with Gasteiger partial charge in [0.1, 0.15) is 12.4 Å². The standard InChI is InChI=1S/C30H33N7O2/c1-5-29(38)34-26-20-22(13-14-27(26)37(4)19-18-36(2)3)33-30-32-17-15-25(35-30)24-11-6-7-12-28(24)39-21-23-10-8-9-16-31-23/h5-17,20H,1,18-19,21H2,2-4H3,(H,34,38)(H,32,33,35). The summed E-state index contributed by atoms with van der Waals surface area (Å²) >= 11 is 0. The Balaban J connectivity index is 1.56. The predicted octanol–water partition coefficient (Wildman–Crippen LogP) is 4.98. The van der Waals surface area contributed by atoms with E-state index in [0.29, 0.717) is 29.7 Å². The number of aromatic nitrogens is 3. The molecule has 2 heterocycles. The fourth-order valence-electron chi connectivity index (χ4n) is 3.84. The number of nitrogens with zero attached hydrogens (tertiary/aromatic N) is 5. The first-order valence-corrected chi connectivity index (χ1v) is 12.6. The van der Waals surface area contributed by atoms with Crippen molar-refractivity contribution in [3.05, 3.63) is 97.5 Å². The van der Waals surface area contributed by atoms with Gasteiger partial charge in [0.15, 0.2) is 0 Å². The zero-order valence-electron chi connectivity index (χ0n) is 22.5. The summed E-state index contributed by atoms with van der Waals surface area (Å²) in [7, 11) is 6.05. The third-order valence-electron chi connectivity index (χ3n) is 5.91. The summed E-state index contributed by atoms with van der Waals surface area (Å²) in [5.41, 5.74) is 4.69. The van der Waals surface area contributed by atoms with Crippen LogP contribution >= 0.6 is 0 Å². The van der Waals surface area contributed by atoms with Gasteiger partial charge in [0.25, 0.3) is 0 Å². The van der Waals surface area contributed by atoms with E-state index >= 15 is 0 Å². The molecule has 39 heavy (non-hydrogen) atoms. The Bertz CT molecular complexity index is 1410. The van der Waals surface area contributed by atoms with Crippen molar-refractivity contribution in [2.75, 3.05) is 49.8 Å². The maximum absolute atomic E-state index is 12.2. The number of carbonyl (C=O) groups is 1. The third-order valence-corrected chi connectivity index (χ3v) is 5.91. The minimum Gasteiger partial charge on any atom is -0.487 e. The van der Waals surface area contributed by atoms with Crippen molar-refractivity contribution in [2.45, 2.75) is 6.61 Å². The van der Waals surface area contributed by atoms with Gasteiger partial charge in [-0.3, -0.25) is 9.78 Å². The van der Waals surface area contributed by atoms with E-state index in [1.165, 1.54) is 6.08 Å². The van der Waals surface area contributed by atoms with Crippen LogP contribution in [0.2, 0.25) is 0 Å². The Hall–Kier alpha value is -4.76. The molecule has 2 aromatic carbocycles. The quantitative estimate of drug-likeness (QED) is 0.251. The molecule has 0 atom stereocenters. The molecule has 9 nitrogen and oxygen atoms in total. The Labute approximate surface area is 229 Å². The summed E-state index contributed by atoms with van der Waals surface area (Å²) in [4.78, 5) is 29.8. The Kier molecular flexibility index (Phi) is 9.20. The molecule has 200 valence electrons. The van der Waals surface area contributed by atoms with Gasteiger partial charge in [0, 0.05) is 43.8 Å². The van der Waals surface area contributed by atoms with E-state index in [2.05, 4.69) is 37.0 Å². The van der Waals surface area contributed by atoms with Crippen LogP contribution in [0, 0.1) is 0 Å². The number of pyridine rings is 1. The van der Waals surface area contributed by atoms with Crippen molar-refractivity contribution in [1.29, 1.82) is 0 Å². The highest BCUT2D eigenvalue weighted by Crippen LogP contribution is 2.32. The van der Waals surface area contributed by atoms with Crippen molar-refractivity contribution in [3.63, 3.8) is 0 Å². The number of amides is 1. The number of hydrogen-bond acceptors (Lipinski definition) is 8. The highest BCUT2D eigenvalue weighted by molar-refractivity contribution is 6.01. The molecule has 2 N–H and O–H groups in total. The van der Waals surface area contributed by atoms with Crippen molar-refractivity contribution in [2.24, 2.45) is 0 Å². The highest BCUT2D eigenvalue weighted by atomic mass is 16.5. The molecule has 0 radical (unpaired) electrons. The van der Waals surface area contributed by atoms with Crippen LogP contribution in [0.3, 0.4) is 0 Å². The largest absolute Gasteiger partial charge is 0.487 e. The molecule has 0 fully saturated rings. The Morgan fingerprint density at radius 3 is 2.56 bits per heavy atom. The van der Waals surface area contributed by atoms with E-state index in [-0.39, 0.29) is 5.91 Å². The van der Waals surface area contributed by atoms with E-state index in [9.17, 15) is 4.79 Å². The third kappa shape index (κ3) is 7.62. The van der Waals surface area contributed by atoms with E-state index in [4.69, 9.17) is 9.72 Å². The number of nitrogens with one attached hydrogen (secondary N) is 2. The van der Waals surface area contributed by atoms with Crippen molar-refractivity contribution in [3.8, 4) is 17.0 Å². The Morgan fingerprint density at radius 2 is 1.79 bits per heavy atom. The fourth-order valence-corrected chi connectivity index (χ4v) is 3.84. The summed E-state index contributed by atoms with van der Waals surface area (Å²) in [6, 6.07) is 21.1. The lowest BCUT2D eigenvalue weighted by molar-refractivity contribution is -0.111. The van der Waals surface area contributed by atoms with Gasteiger partial charge in [0.05, 0.1) is 22.8 Å². The van der Waals surface area contributed by atoms with Crippen LogP contribution in [0.15, 0.2) is 91.8 Å². The number of para-hydroxylation sites is 1. The van der Waals surface area contributed by atoms with Crippen LogP contribution in [0.4, 0.5) is 23.0 Å². The lowest BCUT2D eigenvalue weighted by Gasteiger charge is -2.24. The molecule has 0 unspecified atom stereocenters. The van der Waals surface area contributed by atoms with Gasteiger partial charge in [-0.25, -0.2) is 9.97 Å². The van der Waals surface area contributed by atoms with Gasteiger partial charge in [0.2, 0.25) is 11.9 Å². The number of carbonyl (C=O) groups excluding carboxylic acids is 1. The first-order valence-electron chi connectivity index (χ1n) is 12.6. The molecule has 1 amide bonds. The van der Waals surface area contributed by atoms with E-state index in [1.807, 2.05) is 87.9 Å². The number of benzene rings is 2. The molecule has 0 saturated carbocycles. The number of likely N-dealkylation sites (N-methyl/N-ethyl adjacent to an activating group) is 2. The second-order valence-corrected chi connectivity index (χ2v) is 9.15. The van der Waals surface area contributed by atoms with Gasteiger partial charge in [-0.1, -0.05) is 24.8 Å². The van der Waals surface area contributed by atoms with Gasteiger partial charge in [-0.15, -0.1) is 0 Å². The van der Waals surface area contributed by atoms with Gasteiger partial charge < -0.3 is 25.2 Å². The van der Waals surface area contributed by atoms with Crippen LogP contribution in [0.1, 0.15) is 5.69 Å². The summed E-state index contributed by atoms with van der Waals surface area (Å²) in [6.07, 6.45) is 4.70. The maximum Gasteiger partial charge on any atom is 0.247 e. The monoisotopic (exact) mass is 523 g/mol. The first-order chi connectivity index (χ1) is 18.9. The van der Waals surface area contributed by atoms with Crippen LogP contribution in [0.5, 0.6) is 5.75 Å². The van der Waals surface area contributed by atoms with Crippen LogP contribution in [-0.4, -0.2) is 60.0 Å². The van der Waals surface area contributed by atoms with E-state index < -0.39 is 0 Å². The first kappa shape index (κ1) is 27.3. The number of hydrogen-bond donors (Lipinski definition) is 2. The van der Waals surface area contributed by atoms with Crippen LogP contribution in [0.25, 0.3) is 11.3 Å². The molecule has 4 aromatic rings. The number of ether oxygens (including phenoxy) is 1. The van der Waals surface area contributed by atoms with Gasteiger partial charge in [-0.05, 0) is 68.7 Å². The van der Waals surface area contributed by atoms with E-state index in [0.717, 1.165) is 35.7 Å². The number of anilines is 4. The second kappa shape index (κ2) is 13.2. The van der Waals surface area contributed by atoms with Crippen molar-refractivity contribution >= 4 is 28.9 Å². The molecular weight excluding hydrogens is 490 g/mol. The normalized spacial score (nSPS) is 10.7. The molecular formula is C30H33N7O2. The van der Waals surface area contributed by atoms with Gasteiger partial charge in [-0.2, -0.15) is 0 Å². The summed E-state index contributed by atoms with van der Waals surface area (Å²) in [5.74, 6) is 0.837. The average molecular weight is 524 g/mol. The Morgan fingerprint density at radius 1 is 0.974 bits per heavy atom. The molecule has 0 spiro atoms. The summed E-state index contributed by atoms with van der Waals surface area (Å²) < 4.78 is 6.07. The zero-order chi connectivity index (χ0) is 27.6. The lowest BCUT2D eigenvalue weighted by Crippen LogP contribution is -2.29. The maximum atomic E-state index is 12.2. The molecule has 4 rings (SSSR count). The minimum atomic E-state index is -0.282. The minimum absolute atomic E-state index is 0.282. The SMILES string of the molecule is C=CC(=O)Nc1cc(Nc2nccc(-c3ccccc3OCc3ccccn3)n2)ccc1N(C)CCN(C)C. The molecule has 0 aliphatic heterocycles. The molecule has 2 aromatic heterocycles. The van der Waals surface area contributed by atoms with Crippen LogP contribution in [-0.2, 0) is 11.4 Å².